The van der Waals surface area contributed by atoms with Gasteiger partial charge < -0.3 is 13.5 Å². The lowest BCUT2D eigenvalue weighted by molar-refractivity contribution is 1.17. The van der Waals surface area contributed by atoms with E-state index in [0.29, 0.717) is 0 Å². The second kappa shape index (κ2) is 11.5. The van der Waals surface area contributed by atoms with Gasteiger partial charge in [0.05, 0.1) is 38.6 Å². The van der Waals surface area contributed by atoms with Crippen molar-refractivity contribution >= 4 is 81.7 Å². The van der Waals surface area contributed by atoms with Crippen molar-refractivity contribution < 1.29 is 0 Å². The van der Waals surface area contributed by atoms with Gasteiger partial charge in [-0.15, -0.1) is 0 Å². The van der Waals surface area contributed by atoms with Gasteiger partial charge in [0, 0.05) is 54.5 Å². The second-order valence-corrected chi connectivity index (χ2v) is 15.3. The molecule has 0 fully saturated rings. The largest absolute Gasteiger partial charge is 0.309 e. The van der Waals surface area contributed by atoms with E-state index in [4.69, 9.17) is 0 Å². The molecule has 13 aromatic rings. The number of rotatable bonds is 4. The first-order valence-corrected chi connectivity index (χ1v) is 19.7. The smallest absolute Gasteiger partial charge is 0.0620 e. The van der Waals surface area contributed by atoms with Gasteiger partial charge in [-0.25, -0.2) is 0 Å². The fourth-order valence-corrected chi connectivity index (χ4v) is 9.94. The predicted octanol–water partition coefficient (Wildman–Crippen LogP) is 14.4. The lowest BCUT2D eigenvalue weighted by atomic mass is 10.00. The normalized spacial score (nSPS) is 12.2. The van der Waals surface area contributed by atoms with E-state index < -0.39 is 0 Å². The van der Waals surface area contributed by atoms with Gasteiger partial charge in [0.1, 0.15) is 0 Å². The Kier molecular flexibility index (Phi) is 6.16. The predicted molar refractivity (Wildman–Crippen MR) is 241 cm³/mol. The molecule has 0 saturated heterocycles. The zero-order valence-corrected chi connectivity index (χ0v) is 30.9. The molecule has 4 aromatic heterocycles. The molecule has 0 saturated carbocycles. The molecule has 0 spiro atoms. The Balaban J connectivity index is 1.04. The zero-order chi connectivity index (χ0) is 37.2. The summed E-state index contributed by atoms with van der Waals surface area (Å²) in [6.45, 7) is 0. The van der Waals surface area contributed by atoms with E-state index in [1.165, 1.54) is 104 Å². The highest BCUT2D eigenvalue weighted by Gasteiger charge is 2.22. The molecule has 0 unspecified atom stereocenters. The summed E-state index contributed by atoms with van der Waals surface area (Å²) in [5, 5.41) is 10.3. The molecular weight excluding hydrogens is 691 g/mol. The van der Waals surface area contributed by atoms with Crippen molar-refractivity contribution in [1.82, 2.24) is 13.5 Å². The standard InChI is InChI=1S/C54H33N3/c1-2-12-34(13-3-1)35-24-26-36(27-25-35)37-14-10-15-38(32-37)55-47-22-8-5-17-44(47)52-49(55)30-31-50-53(52)45-18-6-9-23-48(45)56(50)39-28-29-41-43-20-11-19-42-40-16-4-7-21-46(40)57(54(42)43)51(41)33-39/h1-33H. The summed E-state index contributed by atoms with van der Waals surface area (Å²) in [7, 11) is 0. The van der Waals surface area contributed by atoms with Crippen LogP contribution in [0, 0.1) is 0 Å². The van der Waals surface area contributed by atoms with Crippen molar-refractivity contribution in [2.45, 2.75) is 0 Å². The molecule has 3 heteroatoms. The Labute approximate surface area is 327 Å². The Morgan fingerprint density at radius 2 is 0.719 bits per heavy atom. The first kappa shape index (κ1) is 30.7. The molecule has 0 atom stereocenters. The van der Waals surface area contributed by atoms with Gasteiger partial charge in [0.2, 0.25) is 0 Å². The first-order chi connectivity index (χ1) is 28.3. The van der Waals surface area contributed by atoms with Crippen LogP contribution in [0.15, 0.2) is 200 Å². The Bertz CT molecular complexity index is 3730. The third-order valence-corrected chi connectivity index (χ3v) is 12.4. The Morgan fingerprint density at radius 1 is 0.246 bits per heavy atom. The number of hydrogen-bond acceptors (Lipinski definition) is 0. The van der Waals surface area contributed by atoms with Crippen LogP contribution < -0.4 is 0 Å². The van der Waals surface area contributed by atoms with Crippen molar-refractivity contribution in [3.8, 4) is 33.6 Å². The number of nitrogens with zero attached hydrogens (tertiary/aromatic N) is 3. The van der Waals surface area contributed by atoms with Crippen LogP contribution in [0.25, 0.3) is 115 Å². The summed E-state index contributed by atoms with van der Waals surface area (Å²) in [6.07, 6.45) is 0. The van der Waals surface area contributed by atoms with Gasteiger partial charge in [0.25, 0.3) is 0 Å². The summed E-state index contributed by atoms with van der Waals surface area (Å²) in [6, 6.07) is 73.6. The van der Waals surface area contributed by atoms with Gasteiger partial charge >= 0.3 is 0 Å². The van der Waals surface area contributed by atoms with Crippen LogP contribution in [-0.2, 0) is 0 Å². The number of para-hydroxylation sites is 4. The number of benzene rings is 9. The lowest BCUT2D eigenvalue weighted by Crippen LogP contribution is -1.95. The quantitative estimate of drug-likeness (QED) is 0.172. The maximum absolute atomic E-state index is 2.48. The summed E-state index contributed by atoms with van der Waals surface area (Å²) in [5.74, 6) is 0. The maximum Gasteiger partial charge on any atom is 0.0620 e. The van der Waals surface area contributed by atoms with E-state index >= 15 is 0 Å². The zero-order valence-electron chi connectivity index (χ0n) is 30.9. The van der Waals surface area contributed by atoms with Crippen molar-refractivity contribution in [1.29, 1.82) is 0 Å². The molecule has 0 aliphatic carbocycles. The van der Waals surface area contributed by atoms with Gasteiger partial charge in [-0.05, 0) is 76.9 Å². The van der Waals surface area contributed by atoms with Gasteiger partial charge in [-0.1, -0.05) is 146 Å². The average molecular weight is 724 g/mol. The Hall–Kier alpha value is -7.62. The third kappa shape index (κ3) is 4.20. The molecular formula is C54H33N3. The molecule has 0 aliphatic rings. The van der Waals surface area contributed by atoms with E-state index in [0.717, 1.165) is 11.4 Å². The van der Waals surface area contributed by atoms with Gasteiger partial charge in [-0.2, -0.15) is 0 Å². The van der Waals surface area contributed by atoms with Crippen LogP contribution in [-0.4, -0.2) is 13.5 Å². The van der Waals surface area contributed by atoms with Crippen LogP contribution in [0.4, 0.5) is 0 Å². The third-order valence-electron chi connectivity index (χ3n) is 12.4. The molecule has 0 bridgehead atoms. The van der Waals surface area contributed by atoms with Crippen molar-refractivity contribution in [2.24, 2.45) is 0 Å². The molecule has 0 N–H and O–H groups in total. The van der Waals surface area contributed by atoms with Crippen LogP contribution in [0.1, 0.15) is 0 Å². The molecule has 0 radical (unpaired) electrons. The molecule has 3 nitrogen and oxygen atoms in total. The minimum atomic E-state index is 1.15. The minimum absolute atomic E-state index is 1.15. The highest BCUT2D eigenvalue weighted by molar-refractivity contribution is 6.29. The van der Waals surface area contributed by atoms with Crippen molar-refractivity contribution in [3.05, 3.63) is 200 Å². The summed E-state index contributed by atoms with van der Waals surface area (Å²) in [4.78, 5) is 0. The molecule has 13 rings (SSSR count). The minimum Gasteiger partial charge on any atom is -0.309 e. The van der Waals surface area contributed by atoms with Gasteiger partial charge in [0.15, 0.2) is 0 Å². The lowest BCUT2D eigenvalue weighted by Gasteiger charge is -2.11. The first-order valence-electron chi connectivity index (χ1n) is 19.7. The highest BCUT2D eigenvalue weighted by atomic mass is 15.0. The summed E-state index contributed by atoms with van der Waals surface area (Å²) >= 11 is 0. The van der Waals surface area contributed by atoms with E-state index in [9.17, 15) is 0 Å². The molecule has 0 aliphatic heterocycles. The van der Waals surface area contributed by atoms with Crippen LogP contribution >= 0.6 is 0 Å². The van der Waals surface area contributed by atoms with Gasteiger partial charge in [-0.3, -0.25) is 0 Å². The average Bonchev–Trinajstić information content (AvgIpc) is 4.01. The van der Waals surface area contributed by atoms with E-state index in [1.807, 2.05) is 0 Å². The molecule has 264 valence electrons. The number of aromatic nitrogens is 3. The highest BCUT2D eigenvalue weighted by Crippen LogP contribution is 2.44. The van der Waals surface area contributed by atoms with E-state index in [-0.39, 0.29) is 0 Å². The van der Waals surface area contributed by atoms with Crippen LogP contribution in [0.5, 0.6) is 0 Å². The molecule has 9 aromatic carbocycles. The van der Waals surface area contributed by atoms with Crippen LogP contribution in [0.3, 0.4) is 0 Å². The monoisotopic (exact) mass is 723 g/mol. The number of hydrogen-bond donors (Lipinski definition) is 0. The fraction of sp³-hybridized carbons (Fsp3) is 0. The van der Waals surface area contributed by atoms with Crippen LogP contribution in [0.2, 0.25) is 0 Å². The summed E-state index contributed by atoms with van der Waals surface area (Å²) < 4.78 is 7.40. The van der Waals surface area contributed by atoms with E-state index in [1.54, 1.807) is 0 Å². The number of fused-ring (bicyclic) bond motifs is 13. The molecule has 57 heavy (non-hydrogen) atoms. The van der Waals surface area contributed by atoms with Crippen molar-refractivity contribution in [2.75, 3.05) is 0 Å². The topological polar surface area (TPSA) is 14.3 Å². The second-order valence-electron chi connectivity index (χ2n) is 15.3. The maximum atomic E-state index is 2.48. The molecule has 4 heterocycles. The Morgan fingerprint density at radius 3 is 1.39 bits per heavy atom. The SMILES string of the molecule is c1ccc(-c2ccc(-c3cccc(-n4c5ccccc5c5c6c7ccccc7n(-c7ccc8c9cccc%10c%11ccccc%11n(c8c7)c%109)c6ccc54)c3)cc2)cc1. The molecule has 0 amide bonds. The summed E-state index contributed by atoms with van der Waals surface area (Å²) in [5.41, 5.74) is 15.8. The van der Waals surface area contributed by atoms with Crippen molar-refractivity contribution in [3.63, 3.8) is 0 Å². The van der Waals surface area contributed by atoms with E-state index in [2.05, 4.69) is 214 Å². The fourth-order valence-electron chi connectivity index (χ4n) is 9.94.